The van der Waals surface area contributed by atoms with Crippen LogP contribution in [0.15, 0.2) is 54.6 Å². The van der Waals surface area contributed by atoms with E-state index in [9.17, 15) is 54.9 Å². The summed E-state index contributed by atoms with van der Waals surface area (Å²) < 4.78 is 0. The van der Waals surface area contributed by atoms with Crippen LogP contribution in [0.2, 0.25) is 0 Å². The molecule has 194 valence electrons. The molecule has 6 rings (SSSR count). The number of hydrogen-bond acceptors (Lipinski definition) is 11. The summed E-state index contributed by atoms with van der Waals surface area (Å²) in [6.07, 6.45) is 0. The number of fused-ring (bicyclic) bond motifs is 4. The Labute approximate surface area is 217 Å². The van der Waals surface area contributed by atoms with Crippen molar-refractivity contribution in [3.05, 3.63) is 99.1 Å². The Morgan fingerprint density at radius 3 is 1.38 bits per heavy atom. The van der Waals surface area contributed by atoms with Crippen molar-refractivity contribution in [3.8, 4) is 40.2 Å². The van der Waals surface area contributed by atoms with E-state index < -0.39 is 63.4 Å². The maximum Gasteiger partial charge on any atom is 0.202 e. The standard InChI is InChI=1S/C14H8O6.C14H8O5/c15-6-3-4-7(16)11-10(6)12(18)5-1-2-8(17)13(19)9(5)14(11)20;15-8-5-9(16)14(19)11-10(8)12(17)6-3-1-2-4-7(6)13(11)18/h1-4,15-17,19H;1-5,15-16,19H. The van der Waals surface area contributed by atoms with Crippen molar-refractivity contribution in [2.75, 3.05) is 0 Å². The summed E-state index contributed by atoms with van der Waals surface area (Å²) in [5.41, 5.74) is -1.56. The van der Waals surface area contributed by atoms with E-state index in [0.717, 1.165) is 24.3 Å². The van der Waals surface area contributed by atoms with Crippen molar-refractivity contribution in [3.63, 3.8) is 0 Å². The highest BCUT2D eigenvalue weighted by Gasteiger charge is 2.37. The van der Waals surface area contributed by atoms with E-state index >= 15 is 0 Å². The summed E-state index contributed by atoms with van der Waals surface area (Å²) in [5.74, 6) is -6.77. The highest BCUT2D eigenvalue weighted by molar-refractivity contribution is 6.31. The predicted octanol–water partition coefficient (Wildman–Crippen LogP) is 2.86. The lowest BCUT2D eigenvalue weighted by atomic mass is 9.82. The van der Waals surface area contributed by atoms with Gasteiger partial charge in [0.25, 0.3) is 0 Å². The van der Waals surface area contributed by atoms with Gasteiger partial charge in [-0.05, 0) is 24.3 Å². The van der Waals surface area contributed by atoms with Crippen molar-refractivity contribution >= 4 is 23.1 Å². The van der Waals surface area contributed by atoms with E-state index in [4.69, 9.17) is 0 Å². The molecule has 0 heterocycles. The van der Waals surface area contributed by atoms with Crippen LogP contribution in [-0.2, 0) is 0 Å². The third-order valence-corrected chi connectivity index (χ3v) is 6.37. The minimum atomic E-state index is -0.837. The Kier molecular flexibility index (Phi) is 5.49. The molecule has 4 aromatic carbocycles. The average Bonchev–Trinajstić information content (AvgIpc) is 2.91. The van der Waals surface area contributed by atoms with Crippen LogP contribution in [0.4, 0.5) is 0 Å². The molecule has 0 radical (unpaired) electrons. The van der Waals surface area contributed by atoms with Gasteiger partial charge in [0, 0.05) is 22.8 Å². The fourth-order valence-electron chi connectivity index (χ4n) is 4.54. The van der Waals surface area contributed by atoms with E-state index in [1.165, 1.54) is 18.2 Å². The van der Waals surface area contributed by atoms with Crippen LogP contribution in [0.3, 0.4) is 0 Å². The van der Waals surface area contributed by atoms with Gasteiger partial charge in [-0.1, -0.05) is 24.3 Å². The Morgan fingerprint density at radius 1 is 0.359 bits per heavy atom. The topological polar surface area (TPSA) is 210 Å². The molecule has 0 unspecified atom stereocenters. The quantitative estimate of drug-likeness (QED) is 0.113. The molecule has 0 saturated heterocycles. The highest BCUT2D eigenvalue weighted by Crippen LogP contribution is 2.44. The third-order valence-electron chi connectivity index (χ3n) is 6.37. The second-order valence-electron chi connectivity index (χ2n) is 8.59. The van der Waals surface area contributed by atoms with Crippen LogP contribution in [0.1, 0.15) is 63.7 Å². The van der Waals surface area contributed by atoms with Crippen LogP contribution in [-0.4, -0.2) is 58.9 Å². The molecule has 39 heavy (non-hydrogen) atoms. The molecule has 0 atom stereocenters. The first-order chi connectivity index (χ1) is 18.5. The first-order valence-electron chi connectivity index (χ1n) is 11.1. The summed E-state index contributed by atoms with van der Waals surface area (Å²) in [7, 11) is 0. The molecule has 0 saturated carbocycles. The number of rotatable bonds is 0. The van der Waals surface area contributed by atoms with Gasteiger partial charge < -0.3 is 35.7 Å². The molecular weight excluding hydrogens is 512 g/mol. The van der Waals surface area contributed by atoms with E-state index in [1.807, 2.05) is 0 Å². The average molecular weight is 528 g/mol. The van der Waals surface area contributed by atoms with E-state index in [1.54, 1.807) is 12.1 Å². The number of hydrogen-bond donors (Lipinski definition) is 7. The lowest BCUT2D eigenvalue weighted by Crippen LogP contribution is -2.21. The highest BCUT2D eigenvalue weighted by atomic mass is 16.3. The normalized spacial score (nSPS) is 13.0. The van der Waals surface area contributed by atoms with Crippen LogP contribution in [0.5, 0.6) is 40.2 Å². The lowest BCUT2D eigenvalue weighted by Gasteiger charge is -2.20. The molecule has 0 amide bonds. The minimum Gasteiger partial charge on any atom is -0.507 e. The van der Waals surface area contributed by atoms with Gasteiger partial charge in [-0.2, -0.15) is 0 Å². The number of aromatic hydroxyl groups is 7. The molecule has 4 aromatic rings. The Bertz CT molecular complexity index is 1800. The van der Waals surface area contributed by atoms with E-state index in [2.05, 4.69) is 0 Å². The Balaban J connectivity index is 0.000000158. The van der Waals surface area contributed by atoms with Crippen molar-refractivity contribution in [1.82, 2.24) is 0 Å². The fourth-order valence-corrected chi connectivity index (χ4v) is 4.54. The van der Waals surface area contributed by atoms with E-state index in [0.29, 0.717) is 0 Å². The SMILES string of the molecule is O=C1c2ccc(O)c(O)c2C(=O)c2c(O)ccc(O)c21.O=C1c2ccccc2C(=O)c2c(O)c(O)cc(O)c21. The van der Waals surface area contributed by atoms with Gasteiger partial charge >= 0.3 is 0 Å². The van der Waals surface area contributed by atoms with Crippen LogP contribution in [0.25, 0.3) is 0 Å². The zero-order chi connectivity index (χ0) is 28.3. The van der Waals surface area contributed by atoms with Gasteiger partial charge in [0.2, 0.25) is 5.78 Å². The number of phenols is 7. The van der Waals surface area contributed by atoms with Crippen molar-refractivity contribution in [1.29, 1.82) is 0 Å². The largest absolute Gasteiger partial charge is 0.507 e. The van der Waals surface area contributed by atoms with Gasteiger partial charge in [0.15, 0.2) is 40.3 Å². The molecule has 0 fully saturated rings. The second kappa shape index (κ2) is 8.63. The zero-order valence-electron chi connectivity index (χ0n) is 19.5. The molecule has 0 spiro atoms. The summed E-state index contributed by atoms with van der Waals surface area (Å²) in [6, 6.07) is 11.4. The van der Waals surface area contributed by atoms with Gasteiger partial charge in [-0.25, -0.2) is 0 Å². The number of carbonyl (C=O) groups excluding carboxylic acids is 4. The molecule has 2 aliphatic carbocycles. The number of phenolic OH excluding ortho intramolecular Hbond substituents is 7. The van der Waals surface area contributed by atoms with Crippen LogP contribution < -0.4 is 0 Å². The third kappa shape index (κ3) is 3.52. The molecule has 0 aromatic heterocycles. The molecule has 11 heteroatoms. The first-order valence-corrected chi connectivity index (χ1v) is 11.1. The van der Waals surface area contributed by atoms with Gasteiger partial charge in [0.1, 0.15) is 17.2 Å². The molecule has 0 bridgehead atoms. The lowest BCUT2D eigenvalue weighted by molar-refractivity contribution is 0.0971. The number of carbonyl (C=O) groups is 4. The second-order valence-corrected chi connectivity index (χ2v) is 8.59. The molecule has 2 aliphatic rings. The Morgan fingerprint density at radius 2 is 0.795 bits per heavy atom. The summed E-state index contributed by atoms with van der Waals surface area (Å²) in [4.78, 5) is 49.1. The fraction of sp³-hybridized carbons (Fsp3) is 0. The predicted molar refractivity (Wildman–Crippen MR) is 131 cm³/mol. The van der Waals surface area contributed by atoms with Crippen molar-refractivity contribution in [2.24, 2.45) is 0 Å². The minimum absolute atomic E-state index is 0.139. The van der Waals surface area contributed by atoms with Crippen molar-refractivity contribution < 1.29 is 54.9 Å². The van der Waals surface area contributed by atoms with Crippen LogP contribution in [0, 0.1) is 0 Å². The van der Waals surface area contributed by atoms with Gasteiger partial charge in [-0.3, -0.25) is 19.2 Å². The van der Waals surface area contributed by atoms with E-state index in [-0.39, 0.29) is 44.5 Å². The zero-order valence-corrected chi connectivity index (χ0v) is 19.5. The smallest absolute Gasteiger partial charge is 0.202 e. The summed E-state index contributed by atoms with van der Waals surface area (Å²) in [6.45, 7) is 0. The van der Waals surface area contributed by atoms with Gasteiger partial charge in [-0.15, -0.1) is 0 Å². The first kappa shape index (κ1) is 24.8. The summed E-state index contributed by atoms with van der Waals surface area (Å²) >= 11 is 0. The monoisotopic (exact) mass is 528 g/mol. The van der Waals surface area contributed by atoms with Crippen molar-refractivity contribution in [2.45, 2.75) is 0 Å². The maximum absolute atomic E-state index is 12.3. The molecule has 0 aliphatic heterocycles. The number of ketones is 4. The summed E-state index contributed by atoms with van der Waals surface area (Å²) in [5, 5.41) is 67.5. The van der Waals surface area contributed by atoms with Gasteiger partial charge in [0.05, 0.1) is 27.8 Å². The maximum atomic E-state index is 12.3. The molecule has 7 N–H and O–H groups in total. The molecule has 11 nitrogen and oxygen atoms in total. The van der Waals surface area contributed by atoms with Crippen LogP contribution >= 0.6 is 0 Å². The molecular formula is C28H16O11. The Hall–Kier alpha value is -5.84. The number of benzene rings is 4.